The van der Waals surface area contributed by atoms with Gasteiger partial charge in [0.1, 0.15) is 0 Å². The number of aromatic nitrogens is 1. The van der Waals surface area contributed by atoms with Gasteiger partial charge in [-0.2, -0.15) is 0 Å². The fraction of sp³-hybridized carbons (Fsp3) is 0.647. The van der Waals surface area contributed by atoms with Crippen LogP contribution in [0.3, 0.4) is 0 Å². The molecule has 6 heteroatoms. The number of amides is 1. The van der Waals surface area contributed by atoms with Crippen LogP contribution in [-0.2, 0) is 9.47 Å². The third-order valence-corrected chi connectivity index (χ3v) is 4.55. The second kappa shape index (κ2) is 7.86. The van der Waals surface area contributed by atoms with Crippen molar-refractivity contribution >= 4 is 5.91 Å². The van der Waals surface area contributed by atoms with Crippen molar-refractivity contribution in [2.45, 2.75) is 38.0 Å². The van der Waals surface area contributed by atoms with Gasteiger partial charge in [0.2, 0.25) is 0 Å². The van der Waals surface area contributed by atoms with E-state index in [9.17, 15) is 4.79 Å². The van der Waals surface area contributed by atoms with Gasteiger partial charge < -0.3 is 19.7 Å². The zero-order valence-corrected chi connectivity index (χ0v) is 13.6. The number of nitrogens with one attached hydrogen (secondary N) is 1. The molecule has 2 fully saturated rings. The highest BCUT2D eigenvalue weighted by atomic mass is 16.5. The third-order valence-electron chi connectivity index (χ3n) is 4.55. The maximum absolute atomic E-state index is 12.4. The highest BCUT2D eigenvalue weighted by molar-refractivity contribution is 5.93. The van der Waals surface area contributed by atoms with Gasteiger partial charge in [-0.3, -0.25) is 9.78 Å². The van der Waals surface area contributed by atoms with E-state index < -0.39 is 0 Å². The summed E-state index contributed by atoms with van der Waals surface area (Å²) in [5, 5.41) is 3.65. The fourth-order valence-electron chi connectivity index (χ4n) is 3.29. The maximum Gasteiger partial charge on any atom is 0.255 e. The first kappa shape index (κ1) is 16.4. The third kappa shape index (κ3) is 4.07. The summed E-state index contributed by atoms with van der Waals surface area (Å²) < 4.78 is 11.2. The number of rotatable bonds is 5. The standard InChI is InChI=1S/C17H25N3O3/c1-2-23-16-12-22-11-15(16)19-14-5-8-20(9-6-14)17(21)13-4-3-7-18-10-13/h3-4,7,10,14-16,19H,2,5-6,8-9,11-12H2,1H3/t15-,16-/m0/s1. The van der Waals surface area contributed by atoms with Crippen LogP contribution in [0.5, 0.6) is 0 Å². The van der Waals surface area contributed by atoms with Crippen molar-refractivity contribution in [3.63, 3.8) is 0 Å². The molecule has 0 aromatic carbocycles. The molecule has 2 atom stereocenters. The van der Waals surface area contributed by atoms with E-state index in [0.717, 1.165) is 25.9 Å². The summed E-state index contributed by atoms with van der Waals surface area (Å²) >= 11 is 0. The summed E-state index contributed by atoms with van der Waals surface area (Å²) in [6.45, 7) is 5.65. The SMILES string of the molecule is CCO[C@H]1COC[C@@H]1NC1CCN(C(=O)c2cccnc2)CC1. The van der Waals surface area contributed by atoms with Crippen LogP contribution in [0.15, 0.2) is 24.5 Å². The van der Waals surface area contributed by atoms with Crippen LogP contribution in [0, 0.1) is 0 Å². The van der Waals surface area contributed by atoms with Crippen molar-refractivity contribution < 1.29 is 14.3 Å². The van der Waals surface area contributed by atoms with Crippen LogP contribution in [-0.4, -0.2) is 66.9 Å². The average molecular weight is 319 g/mol. The molecular formula is C17H25N3O3. The van der Waals surface area contributed by atoms with Crippen molar-refractivity contribution in [1.82, 2.24) is 15.2 Å². The van der Waals surface area contributed by atoms with Crippen LogP contribution < -0.4 is 5.32 Å². The molecule has 0 radical (unpaired) electrons. The number of hydrogen-bond donors (Lipinski definition) is 1. The highest BCUT2D eigenvalue weighted by Crippen LogP contribution is 2.17. The van der Waals surface area contributed by atoms with Gasteiger partial charge >= 0.3 is 0 Å². The minimum Gasteiger partial charge on any atom is -0.377 e. The summed E-state index contributed by atoms with van der Waals surface area (Å²) in [5.74, 6) is 0.0768. The molecule has 6 nitrogen and oxygen atoms in total. The first-order valence-electron chi connectivity index (χ1n) is 8.42. The Balaban J connectivity index is 1.48. The Morgan fingerprint density at radius 3 is 2.96 bits per heavy atom. The molecule has 2 saturated heterocycles. The molecular weight excluding hydrogens is 294 g/mol. The lowest BCUT2D eigenvalue weighted by Gasteiger charge is -2.34. The molecule has 1 N–H and O–H groups in total. The monoisotopic (exact) mass is 319 g/mol. The van der Waals surface area contributed by atoms with E-state index in [4.69, 9.17) is 9.47 Å². The largest absolute Gasteiger partial charge is 0.377 e. The molecule has 0 saturated carbocycles. The zero-order chi connectivity index (χ0) is 16.1. The van der Waals surface area contributed by atoms with E-state index in [2.05, 4.69) is 10.3 Å². The lowest BCUT2D eigenvalue weighted by molar-refractivity contribution is 0.0375. The molecule has 0 bridgehead atoms. The highest BCUT2D eigenvalue weighted by Gasteiger charge is 2.32. The number of carbonyl (C=O) groups is 1. The first-order valence-corrected chi connectivity index (χ1v) is 8.42. The Morgan fingerprint density at radius 1 is 1.43 bits per heavy atom. The maximum atomic E-state index is 12.4. The number of carbonyl (C=O) groups excluding carboxylic acids is 1. The number of pyridine rings is 1. The minimum absolute atomic E-state index is 0.0768. The number of piperidine rings is 1. The van der Waals surface area contributed by atoms with E-state index in [1.165, 1.54) is 0 Å². The van der Waals surface area contributed by atoms with Crippen molar-refractivity contribution in [3.05, 3.63) is 30.1 Å². The van der Waals surface area contributed by atoms with Gasteiger partial charge in [0.15, 0.2) is 0 Å². The van der Waals surface area contributed by atoms with Crippen LogP contribution in [0.25, 0.3) is 0 Å². The molecule has 2 aliphatic heterocycles. The lowest BCUT2D eigenvalue weighted by atomic mass is 10.0. The molecule has 1 amide bonds. The van der Waals surface area contributed by atoms with E-state index in [0.29, 0.717) is 31.4 Å². The topological polar surface area (TPSA) is 63.7 Å². The first-order chi connectivity index (χ1) is 11.3. The molecule has 1 aromatic heterocycles. The molecule has 2 aliphatic rings. The molecule has 0 unspecified atom stereocenters. The average Bonchev–Trinajstić information content (AvgIpc) is 3.03. The molecule has 0 spiro atoms. The molecule has 3 rings (SSSR count). The van der Waals surface area contributed by atoms with E-state index in [1.54, 1.807) is 18.5 Å². The molecule has 1 aromatic rings. The second-order valence-electron chi connectivity index (χ2n) is 6.11. The van der Waals surface area contributed by atoms with Gasteiger partial charge in [-0.25, -0.2) is 0 Å². The van der Waals surface area contributed by atoms with Gasteiger partial charge in [0, 0.05) is 38.1 Å². The number of ether oxygens (including phenoxy) is 2. The van der Waals surface area contributed by atoms with Crippen LogP contribution in [0.4, 0.5) is 0 Å². The fourth-order valence-corrected chi connectivity index (χ4v) is 3.29. The van der Waals surface area contributed by atoms with Gasteiger partial charge in [-0.05, 0) is 31.9 Å². The van der Waals surface area contributed by atoms with Gasteiger partial charge in [-0.15, -0.1) is 0 Å². The predicted molar refractivity (Wildman–Crippen MR) is 86.3 cm³/mol. The number of likely N-dealkylation sites (tertiary alicyclic amines) is 1. The number of nitrogens with zero attached hydrogens (tertiary/aromatic N) is 2. The summed E-state index contributed by atoms with van der Waals surface area (Å²) in [6.07, 6.45) is 5.39. The Labute approximate surface area is 137 Å². The predicted octanol–water partition coefficient (Wildman–Crippen LogP) is 1.08. The lowest BCUT2D eigenvalue weighted by Crippen LogP contribution is -2.51. The Kier molecular flexibility index (Phi) is 5.59. The summed E-state index contributed by atoms with van der Waals surface area (Å²) in [5.41, 5.74) is 0.666. The summed E-state index contributed by atoms with van der Waals surface area (Å²) in [4.78, 5) is 18.4. The molecule has 126 valence electrons. The van der Waals surface area contributed by atoms with Crippen LogP contribution >= 0.6 is 0 Å². The number of hydrogen-bond acceptors (Lipinski definition) is 5. The van der Waals surface area contributed by atoms with Gasteiger partial charge in [-0.1, -0.05) is 0 Å². The van der Waals surface area contributed by atoms with E-state index in [1.807, 2.05) is 17.9 Å². The molecule has 0 aliphatic carbocycles. The quantitative estimate of drug-likeness (QED) is 0.880. The summed E-state index contributed by atoms with van der Waals surface area (Å²) in [6, 6.07) is 4.31. The van der Waals surface area contributed by atoms with E-state index >= 15 is 0 Å². The van der Waals surface area contributed by atoms with Crippen LogP contribution in [0.1, 0.15) is 30.1 Å². The van der Waals surface area contributed by atoms with Gasteiger partial charge in [0.25, 0.3) is 5.91 Å². The Hall–Kier alpha value is -1.50. The van der Waals surface area contributed by atoms with Crippen molar-refractivity contribution in [1.29, 1.82) is 0 Å². The molecule has 23 heavy (non-hydrogen) atoms. The second-order valence-corrected chi connectivity index (χ2v) is 6.11. The van der Waals surface area contributed by atoms with Crippen molar-refractivity contribution in [3.8, 4) is 0 Å². The summed E-state index contributed by atoms with van der Waals surface area (Å²) in [7, 11) is 0. The van der Waals surface area contributed by atoms with Gasteiger partial charge in [0.05, 0.1) is 30.9 Å². The van der Waals surface area contributed by atoms with Crippen molar-refractivity contribution in [2.75, 3.05) is 32.9 Å². The van der Waals surface area contributed by atoms with Crippen LogP contribution in [0.2, 0.25) is 0 Å². The smallest absolute Gasteiger partial charge is 0.255 e. The Morgan fingerprint density at radius 2 is 2.26 bits per heavy atom. The van der Waals surface area contributed by atoms with E-state index in [-0.39, 0.29) is 18.1 Å². The molecule has 3 heterocycles. The minimum atomic E-state index is 0.0768. The Bertz CT molecular complexity index is 503. The van der Waals surface area contributed by atoms with Crippen molar-refractivity contribution in [2.24, 2.45) is 0 Å². The zero-order valence-electron chi connectivity index (χ0n) is 13.6. The normalized spacial score (nSPS) is 25.7.